The van der Waals surface area contributed by atoms with Crippen LogP contribution < -0.4 is 5.32 Å². The van der Waals surface area contributed by atoms with Crippen LogP contribution in [-0.4, -0.2) is 40.0 Å². The second-order valence-corrected chi connectivity index (χ2v) is 4.94. The fourth-order valence-electron chi connectivity index (χ4n) is 2.54. The van der Waals surface area contributed by atoms with Crippen LogP contribution in [0.2, 0.25) is 0 Å². The Labute approximate surface area is 112 Å². The highest BCUT2D eigenvalue weighted by atomic mass is 16.5. The van der Waals surface area contributed by atoms with Gasteiger partial charge in [-0.25, -0.2) is 4.98 Å². The molecule has 0 unspecified atom stereocenters. The molecule has 1 aliphatic rings. The number of anilines is 1. The lowest BCUT2D eigenvalue weighted by atomic mass is 10.3. The maximum absolute atomic E-state index is 4.98. The van der Waals surface area contributed by atoms with Crippen molar-refractivity contribution in [1.29, 1.82) is 0 Å². The van der Waals surface area contributed by atoms with Gasteiger partial charge in [0, 0.05) is 26.0 Å². The van der Waals surface area contributed by atoms with Crippen molar-refractivity contribution >= 4 is 17.0 Å². The van der Waals surface area contributed by atoms with E-state index in [4.69, 9.17) is 4.74 Å². The number of fused-ring (bicyclic) bond motifs is 1. The van der Waals surface area contributed by atoms with E-state index in [1.807, 2.05) is 6.20 Å². The predicted octanol–water partition coefficient (Wildman–Crippen LogP) is 2.00. The molecule has 0 radical (unpaired) electrons. The Morgan fingerprint density at radius 2 is 2.26 bits per heavy atom. The Balaban J connectivity index is 1.78. The molecule has 1 N–H and O–H groups in total. The second kappa shape index (κ2) is 5.52. The van der Waals surface area contributed by atoms with Crippen molar-refractivity contribution in [1.82, 2.24) is 19.7 Å². The Morgan fingerprint density at radius 3 is 3.05 bits per heavy atom. The molecule has 2 heterocycles. The third-order valence-corrected chi connectivity index (χ3v) is 3.57. The minimum absolute atomic E-state index is 0.541. The highest BCUT2D eigenvalue weighted by Gasteiger charge is 2.18. The van der Waals surface area contributed by atoms with Crippen LogP contribution in [-0.2, 0) is 4.74 Å². The van der Waals surface area contributed by atoms with Gasteiger partial charge in [-0.3, -0.25) is 4.68 Å². The molecule has 6 nitrogen and oxygen atoms in total. The van der Waals surface area contributed by atoms with Crippen LogP contribution in [0.1, 0.15) is 31.7 Å². The van der Waals surface area contributed by atoms with E-state index in [2.05, 4.69) is 31.3 Å². The number of aromatic nitrogens is 4. The molecule has 3 rings (SSSR count). The third kappa shape index (κ3) is 2.68. The third-order valence-electron chi connectivity index (χ3n) is 3.57. The van der Waals surface area contributed by atoms with Crippen molar-refractivity contribution in [2.45, 2.75) is 31.7 Å². The molecule has 0 saturated heterocycles. The highest BCUT2D eigenvalue weighted by Crippen LogP contribution is 2.29. The number of methoxy groups -OCH3 is 1. The zero-order valence-corrected chi connectivity index (χ0v) is 11.2. The monoisotopic (exact) mass is 261 g/mol. The first-order valence-corrected chi connectivity index (χ1v) is 6.81. The van der Waals surface area contributed by atoms with Crippen LogP contribution in [0.4, 0.5) is 5.95 Å². The zero-order valence-electron chi connectivity index (χ0n) is 11.2. The van der Waals surface area contributed by atoms with Crippen molar-refractivity contribution in [2.75, 3.05) is 25.6 Å². The molecule has 0 aliphatic heterocycles. The molecule has 2 aromatic heterocycles. The summed E-state index contributed by atoms with van der Waals surface area (Å²) in [5, 5.41) is 8.70. The first kappa shape index (κ1) is 12.3. The Hall–Kier alpha value is -1.69. The summed E-state index contributed by atoms with van der Waals surface area (Å²) in [6, 6.07) is 0.541. The van der Waals surface area contributed by atoms with Gasteiger partial charge in [0.25, 0.3) is 0 Å². The molecule has 1 fully saturated rings. The van der Waals surface area contributed by atoms with E-state index >= 15 is 0 Å². The maximum atomic E-state index is 4.98. The molecular formula is C13H19N5O. The van der Waals surface area contributed by atoms with Crippen molar-refractivity contribution < 1.29 is 4.74 Å². The fraction of sp³-hybridized carbons (Fsp3) is 0.615. The van der Waals surface area contributed by atoms with E-state index in [0.29, 0.717) is 25.1 Å². The van der Waals surface area contributed by atoms with Gasteiger partial charge in [-0.1, -0.05) is 12.8 Å². The largest absolute Gasteiger partial charge is 0.383 e. The molecule has 1 saturated carbocycles. The molecule has 6 heteroatoms. The molecule has 0 atom stereocenters. The van der Waals surface area contributed by atoms with Crippen molar-refractivity contribution in [3.05, 3.63) is 12.4 Å². The maximum Gasteiger partial charge on any atom is 0.224 e. The predicted molar refractivity (Wildman–Crippen MR) is 73.2 cm³/mol. The molecule has 19 heavy (non-hydrogen) atoms. The van der Waals surface area contributed by atoms with Crippen LogP contribution in [0.15, 0.2) is 12.4 Å². The number of nitrogens with zero attached hydrogens (tertiary/aromatic N) is 4. The summed E-state index contributed by atoms with van der Waals surface area (Å²) in [7, 11) is 1.68. The Morgan fingerprint density at radius 1 is 1.42 bits per heavy atom. The molecule has 2 aromatic rings. The number of hydrogen-bond donors (Lipinski definition) is 1. The second-order valence-electron chi connectivity index (χ2n) is 4.94. The van der Waals surface area contributed by atoms with E-state index in [1.165, 1.54) is 25.7 Å². The molecule has 0 spiro atoms. The normalized spacial score (nSPS) is 16.3. The van der Waals surface area contributed by atoms with E-state index in [-0.39, 0.29) is 0 Å². The van der Waals surface area contributed by atoms with Gasteiger partial charge in [0.05, 0.1) is 18.0 Å². The molecule has 0 aromatic carbocycles. The fourth-order valence-corrected chi connectivity index (χ4v) is 2.54. The average molecular weight is 261 g/mol. The summed E-state index contributed by atoms with van der Waals surface area (Å²) in [5.74, 6) is 0.612. The van der Waals surface area contributed by atoms with E-state index in [1.54, 1.807) is 7.11 Å². The molecule has 0 bridgehead atoms. The van der Waals surface area contributed by atoms with Crippen LogP contribution in [0.25, 0.3) is 11.0 Å². The van der Waals surface area contributed by atoms with Gasteiger partial charge in [0.2, 0.25) is 5.95 Å². The minimum Gasteiger partial charge on any atom is -0.383 e. The Bertz CT molecular complexity index is 547. The average Bonchev–Trinajstić information content (AvgIpc) is 3.07. The zero-order chi connectivity index (χ0) is 13.1. The molecule has 1 aliphatic carbocycles. The lowest BCUT2D eigenvalue weighted by Crippen LogP contribution is -2.10. The number of nitrogens with one attached hydrogen (secondary N) is 1. The van der Waals surface area contributed by atoms with Gasteiger partial charge >= 0.3 is 0 Å². The smallest absolute Gasteiger partial charge is 0.224 e. The summed E-state index contributed by atoms with van der Waals surface area (Å²) in [4.78, 5) is 8.72. The number of hydrogen-bond acceptors (Lipinski definition) is 5. The van der Waals surface area contributed by atoms with Crippen LogP contribution in [0, 0.1) is 0 Å². The highest BCUT2D eigenvalue weighted by molar-refractivity contribution is 5.73. The van der Waals surface area contributed by atoms with Gasteiger partial charge in [0.1, 0.15) is 0 Å². The summed E-state index contributed by atoms with van der Waals surface area (Å²) in [6.45, 7) is 1.34. The van der Waals surface area contributed by atoms with Gasteiger partial charge in [-0.05, 0) is 12.8 Å². The van der Waals surface area contributed by atoms with E-state index in [9.17, 15) is 0 Å². The van der Waals surface area contributed by atoms with Crippen LogP contribution in [0.3, 0.4) is 0 Å². The summed E-state index contributed by atoms with van der Waals surface area (Å²) < 4.78 is 7.05. The van der Waals surface area contributed by atoms with Gasteiger partial charge in [0.15, 0.2) is 5.65 Å². The Kier molecular flexibility index (Phi) is 3.59. The van der Waals surface area contributed by atoms with Gasteiger partial charge in [-0.15, -0.1) is 0 Å². The summed E-state index contributed by atoms with van der Waals surface area (Å²) >= 11 is 0. The topological polar surface area (TPSA) is 64.9 Å². The number of ether oxygens (including phenoxy) is 1. The van der Waals surface area contributed by atoms with Crippen LogP contribution in [0.5, 0.6) is 0 Å². The molecule has 102 valence electrons. The first-order chi connectivity index (χ1) is 9.36. The lowest BCUT2D eigenvalue weighted by Gasteiger charge is -2.07. The van der Waals surface area contributed by atoms with E-state index in [0.717, 1.165) is 11.0 Å². The minimum atomic E-state index is 0.541. The summed E-state index contributed by atoms with van der Waals surface area (Å²) in [5.41, 5.74) is 0.766. The first-order valence-electron chi connectivity index (χ1n) is 6.81. The van der Waals surface area contributed by atoms with Gasteiger partial charge in [-0.2, -0.15) is 10.1 Å². The quantitative estimate of drug-likeness (QED) is 0.834. The van der Waals surface area contributed by atoms with Gasteiger partial charge < -0.3 is 10.1 Å². The van der Waals surface area contributed by atoms with E-state index < -0.39 is 0 Å². The SMILES string of the molecule is COCCNc1ncc2cn(C3CCCC3)nc2n1. The lowest BCUT2D eigenvalue weighted by molar-refractivity contribution is 0.210. The van der Waals surface area contributed by atoms with Crippen molar-refractivity contribution in [2.24, 2.45) is 0 Å². The summed E-state index contributed by atoms with van der Waals surface area (Å²) in [6.07, 6.45) is 8.94. The van der Waals surface area contributed by atoms with Crippen molar-refractivity contribution in [3.63, 3.8) is 0 Å². The van der Waals surface area contributed by atoms with Crippen LogP contribution >= 0.6 is 0 Å². The number of rotatable bonds is 5. The van der Waals surface area contributed by atoms with Crippen molar-refractivity contribution in [3.8, 4) is 0 Å². The molecule has 0 amide bonds. The molecular weight excluding hydrogens is 242 g/mol. The standard InChI is InChI=1S/C13H19N5O/c1-19-7-6-14-13-15-8-10-9-18(17-12(10)16-13)11-4-2-3-5-11/h8-9,11H,2-7H2,1H3,(H,14,16,17).